The van der Waals surface area contributed by atoms with Crippen LogP contribution in [0.3, 0.4) is 0 Å². The van der Waals surface area contributed by atoms with Gasteiger partial charge in [-0.3, -0.25) is 4.79 Å². The van der Waals surface area contributed by atoms with E-state index in [0.29, 0.717) is 12.3 Å². The van der Waals surface area contributed by atoms with Crippen molar-refractivity contribution in [1.82, 2.24) is 0 Å². The number of rotatable bonds is 5. The normalized spacial score (nSPS) is 14.6. The van der Waals surface area contributed by atoms with Crippen molar-refractivity contribution in [2.24, 2.45) is 11.7 Å². The average molecular weight is 196 g/mol. The number of carbonyl (C=O) groups is 1. The summed E-state index contributed by atoms with van der Waals surface area (Å²) in [7, 11) is 0. The fourth-order valence-electron chi connectivity index (χ4n) is 0.877. The van der Waals surface area contributed by atoms with E-state index < -0.39 is 5.97 Å². The van der Waals surface area contributed by atoms with Gasteiger partial charge in [-0.25, -0.2) is 0 Å². The third-order valence-electron chi connectivity index (χ3n) is 2.07. The van der Waals surface area contributed by atoms with Crippen LogP contribution in [0.5, 0.6) is 0 Å². The summed E-state index contributed by atoms with van der Waals surface area (Å²) in [5.41, 5.74) is 5.71. The van der Waals surface area contributed by atoms with Gasteiger partial charge in [-0.2, -0.15) is 0 Å². The second kappa shape index (κ2) is 7.37. The fourth-order valence-corrected chi connectivity index (χ4v) is 0.877. The molecule has 0 rings (SSSR count). The Labute approximate surface area is 79.7 Å². The Morgan fingerprint density at radius 2 is 2.08 bits per heavy atom. The average Bonchev–Trinajstić information content (AvgIpc) is 1.98. The number of halogens is 1. The molecule has 0 saturated carbocycles. The molecule has 2 atom stereocenters. The van der Waals surface area contributed by atoms with Gasteiger partial charge in [0.05, 0.1) is 0 Å². The van der Waals surface area contributed by atoms with Crippen molar-refractivity contribution in [1.29, 1.82) is 0 Å². The zero-order valence-corrected chi connectivity index (χ0v) is 8.43. The SMILES string of the molecule is CC[C@@H](C)[C@H](N)CCC(=O)O.Cl. The molecule has 0 aromatic carbocycles. The van der Waals surface area contributed by atoms with Gasteiger partial charge < -0.3 is 10.8 Å². The second-order valence-electron chi connectivity index (χ2n) is 2.98. The Hall–Kier alpha value is -0.280. The van der Waals surface area contributed by atoms with Crippen molar-refractivity contribution in [2.75, 3.05) is 0 Å². The van der Waals surface area contributed by atoms with Crippen LogP contribution < -0.4 is 5.73 Å². The molecule has 3 N–H and O–H groups in total. The fraction of sp³-hybridized carbons (Fsp3) is 0.875. The molecule has 0 saturated heterocycles. The third-order valence-corrected chi connectivity index (χ3v) is 2.07. The smallest absolute Gasteiger partial charge is 0.303 e. The van der Waals surface area contributed by atoms with Crippen LogP contribution in [-0.2, 0) is 4.79 Å². The zero-order chi connectivity index (χ0) is 8.85. The van der Waals surface area contributed by atoms with Gasteiger partial charge in [0, 0.05) is 12.5 Å². The molecular weight excluding hydrogens is 178 g/mol. The predicted molar refractivity (Wildman–Crippen MR) is 51.5 cm³/mol. The van der Waals surface area contributed by atoms with Crippen molar-refractivity contribution in [2.45, 2.75) is 39.2 Å². The van der Waals surface area contributed by atoms with Crippen LogP contribution in [0.4, 0.5) is 0 Å². The van der Waals surface area contributed by atoms with Crippen LogP contribution in [0, 0.1) is 5.92 Å². The molecule has 3 nitrogen and oxygen atoms in total. The van der Waals surface area contributed by atoms with E-state index in [1.165, 1.54) is 0 Å². The summed E-state index contributed by atoms with van der Waals surface area (Å²) in [5.74, 6) is -0.335. The Balaban J connectivity index is 0. The Morgan fingerprint density at radius 3 is 2.42 bits per heavy atom. The second-order valence-corrected chi connectivity index (χ2v) is 2.98. The predicted octanol–water partition coefficient (Wildman–Crippen LogP) is 1.65. The van der Waals surface area contributed by atoms with Crippen molar-refractivity contribution >= 4 is 18.4 Å². The molecule has 0 aromatic rings. The minimum Gasteiger partial charge on any atom is -0.481 e. The van der Waals surface area contributed by atoms with E-state index in [1.54, 1.807) is 0 Å². The van der Waals surface area contributed by atoms with Crippen molar-refractivity contribution < 1.29 is 9.90 Å². The van der Waals surface area contributed by atoms with Crippen LogP contribution in [0.1, 0.15) is 33.1 Å². The number of hydrogen-bond donors (Lipinski definition) is 2. The molecule has 0 unspecified atom stereocenters. The lowest BCUT2D eigenvalue weighted by atomic mass is 9.96. The Bertz CT molecular complexity index is 130. The maximum atomic E-state index is 10.2. The molecule has 0 spiro atoms. The summed E-state index contributed by atoms with van der Waals surface area (Å²) in [5, 5.41) is 8.36. The first kappa shape index (κ1) is 14.3. The maximum Gasteiger partial charge on any atom is 0.303 e. The van der Waals surface area contributed by atoms with Crippen LogP contribution in [0.25, 0.3) is 0 Å². The van der Waals surface area contributed by atoms with Crippen LogP contribution in [0.15, 0.2) is 0 Å². The first-order chi connectivity index (χ1) is 5.07. The Morgan fingerprint density at radius 1 is 1.58 bits per heavy atom. The molecule has 0 amide bonds. The number of carboxylic acid groups (broad SMARTS) is 1. The summed E-state index contributed by atoms with van der Waals surface area (Å²) >= 11 is 0. The van der Waals surface area contributed by atoms with Crippen molar-refractivity contribution in [3.63, 3.8) is 0 Å². The summed E-state index contributed by atoms with van der Waals surface area (Å²) < 4.78 is 0. The van der Waals surface area contributed by atoms with Gasteiger partial charge in [-0.05, 0) is 12.3 Å². The highest BCUT2D eigenvalue weighted by atomic mass is 35.5. The minimum atomic E-state index is -0.760. The van der Waals surface area contributed by atoms with Gasteiger partial charge in [0.15, 0.2) is 0 Å². The monoisotopic (exact) mass is 195 g/mol. The lowest BCUT2D eigenvalue weighted by molar-refractivity contribution is -0.137. The van der Waals surface area contributed by atoms with Gasteiger partial charge in [-0.1, -0.05) is 20.3 Å². The molecular formula is C8H18ClNO2. The van der Waals surface area contributed by atoms with E-state index in [0.717, 1.165) is 6.42 Å². The van der Waals surface area contributed by atoms with E-state index in [9.17, 15) is 4.79 Å². The first-order valence-electron chi connectivity index (χ1n) is 4.05. The van der Waals surface area contributed by atoms with E-state index in [2.05, 4.69) is 6.92 Å². The quantitative estimate of drug-likeness (QED) is 0.701. The Kier molecular flexibility index (Phi) is 8.76. The highest BCUT2D eigenvalue weighted by Gasteiger charge is 2.11. The van der Waals surface area contributed by atoms with Gasteiger partial charge in [0.2, 0.25) is 0 Å². The molecule has 0 aromatic heterocycles. The van der Waals surface area contributed by atoms with Crippen molar-refractivity contribution in [3.8, 4) is 0 Å². The van der Waals surface area contributed by atoms with Gasteiger partial charge in [0.25, 0.3) is 0 Å². The van der Waals surface area contributed by atoms with Crippen LogP contribution >= 0.6 is 12.4 Å². The zero-order valence-electron chi connectivity index (χ0n) is 7.62. The molecule has 0 fully saturated rings. The van der Waals surface area contributed by atoms with Gasteiger partial charge >= 0.3 is 5.97 Å². The molecule has 74 valence electrons. The molecule has 0 heterocycles. The number of aliphatic carboxylic acids is 1. The molecule has 0 aliphatic heterocycles. The van der Waals surface area contributed by atoms with E-state index in [-0.39, 0.29) is 24.9 Å². The third kappa shape index (κ3) is 6.43. The molecule has 0 aliphatic carbocycles. The van der Waals surface area contributed by atoms with E-state index in [1.807, 2.05) is 6.92 Å². The lowest BCUT2D eigenvalue weighted by Crippen LogP contribution is -2.28. The number of nitrogens with two attached hydrogens (primary N) is 1. The van der Waals surface area contributed by atoms with Gasteiger partial charge in [0.1, 0.15) is 0 Å². The summed E-state index contributed by atoms with van der Waals surface area (Å²) in [6.07, 6.45) is 1.79. The largest absolute Gasteiger partial charge is 0.481 e. The highest BCUT2D eigenvalue weighted by Crippen LogP contribution is 2.09. The van der Waals surface area contributed by atoms with Crippen molar-refractivity contribution in [3.05, 3.63) is 0 Å². The van der Waals surface area contributed by atoms with Crippen LogP contribution in [0.2, 0.25) is 0 Å². The lowest BCUT2D eigenvalue weighted by Gasteiger charge is -2.16. The molecule has 12 heavy (non-hydrogen) atoms. The van der Waals surface area contributed by atoms with Gasteiger partial charge in [-0.15, -0.1) is 12.4 Å². The molecule has 0 radical (unpaired) electrons. The summed E-state index contributed by atoms with van der Waals surface area (Å²) in [4.78, 5) is 10.2. The summed E-state index contributed by atoms with van der Waals surface area (Å²) in [6, 6.07) is 0.0381. The van der Waals surface area contributed by atoms with E-state index in [4.69, 9.17) is 10.8 Å². The highest BCUT2D eigenvalue weighted by molar-refractivity contribution is 5.85. The van der Waals surface area contributed by atoms with Crippen LogP contribution in [-0.4, -0.2) is 17.1 Å². The standard InChI is InChI=1S/C8H17NO2.ClH/c1-3-6(2)7(9)4-5-8(10)11;/h6-7H,3-5,9H2,1-2H3,(H,10,11);1H/t6-,7-;/m1./s1. The molecule has 4 heteroatoms. The number of hydrogen-bond acceptors (Lipinski definition) is 2. The molecule has 0 bridgehead atoms. The van der Waals surface area contributed by atoms with E-state index >= 15 is 0 Å². The summed E-state index contributed by atoms with van der Waals surface area (Å²) in [6.45, 7) is 4.11. The number of carboxylic acids is 1. The minimum absolute atomic E-state index is 0. The topological polar surface area (TPSA) is 63.3 Å². The molecule has 0 aliphatic rings. The first-order valence-corrected chi connectivity index (χ1v) is 4.05. The maximum absolute atomic E-state index is 10.2.